The zero-order chi connectivity index (χ0) is 24.3. The number of nitrogens with zero attached hydrogens (tertiary/aromatic N) is 1. The summed E-state index contributed by atoms with van der Waals surface area (Å²) in [6.45, 7) is 0. The second-order valence-corrected chi connectivity index (χ2v) is 9.71. The van der Waals surface area contributed by atoms with Gasteiger partial charge in [0.2, 0.25) is 0 Å². The minimum Gasteiger partial charge on any atom is -0.308 e. The second kappa shape index (κ2) is 7.81. The number of hydrogen-bond acceptors (Lipinski definition) is 0. The first kappa shape index (κ1) is 20.3. The topological polar surface area (TPSA) is 4.93 Å². The molecule has 0 saturated heterocycles. The Morgan fingerprint density at radius 1 is 0.378 bits per heavy atom. The van der Waals surface area contributed by atoms with E-state index in [0.29, 0.717) is 0 Å². The highest BCUT2D eigenvalue weighted by atomic mass is 15.0. The van der Waals surface area contributed by atoms with Crippen LogP contribution in [0.15, 0.2) is 140 Å². The minimum absolute atomic E-state index is 1.20. The molecule has 0 spiro atoms. The predicted octanol–water partition coefficient (Wildman–Crippen LogP) is 9.91. The van der Waals surface area contributed by atoms with E-state index in [-0.39, 0.29) is 0 Å². The minimum atomic E-state index is 1.20. The van der Waals surface area contributed by atoms with Crippen molar-refractivity contribution in [1.82, 2.24) is 4.57 Å². The molecule has 0 aliphatic heterocycles. The highest BCUT2D eigenvalue weighted by Crippen LogP contribution is 2.45. The lowest BCUT2D eigenvalue weighted by Crippen LogP contribution is -1.98. The molecule has 1 heterocycles. The average molecular weight is 470 g/mol. The van der Waals surface area contributed by atoms with Crippen LogP contribution in [-0.2, 0) is 0 Å². The molecule has 0 atom stereocenters. The van der Waals surface area contributed by atoms with Crippen LogP contribution >= 0.6 is 0 Å². The zero-order valence-corrected chi connectivity index (χ0v) is 20.2. The Morgan fingerprint density at radius 2 is 1.03 bits per heavy atom. The smallest absolute Gasteiger partial charge is 0.0626 e. The van der Waals surface area contributed by atoms with Gasteiger partial charge in [-0.3, -0.25) is 0 Å². The van der Waals surface area contributed by atoms with E-state index in [1.807, 2.05) is 0 Å². The van der Waals surface area contributed by atoms with Gasteiger partial charge in [0.25, 0.3) is 0 Å². The lowest BCUT2D eigenvalue weighted by molar-refractivity contribution is 1.19. The van der Waals surface area contributed by atoms with Crippen molar-refractivity contribution in [3.8, 4) is 16.8 Å². The normalized spacial score (nSPS) is 11.8. The highest BCUT2D eigenvalue weighted by molar-refractivity contribution is 6.36. The maximum Gasteiger partial charge on any atom is 0.0626 e. The van der Waals surface area contributed by atoms with Crippen LogP contribution in [0, 0.1) is 0 Å². The van der Waals surface area contributed by atoms with Gasteiger partial charge in [0.15, 0.2) is 0 Å². The first-order valence-electron chi connectivity index (χ1n) is 12.8. The molecule has 8 aromatic rings. The second-order valence-electron chi connectivity index (χ2n) is 9.71. The van der Waals surface area contributed by atoms with Gasteiger partial charge in [-0.15, -0.1) is 0 Å². The SMILES string of the molecule is c1ccc(-c2ccccc2-n2c3ccccc3c3c4ccc5ccccc5c4c4ccccc4c32)cc1. The molecule has 1 aromatic heterocycles. The molecule has 172 valence electrons. The summed E-state index contributed by atoms with van der Waals surface area (Å²) in [5.74, 6) is 0. The Morgan fingerprint density at radius 3 is 1.89 bits per heavy atom. The van der Waals surface area contributed by atoms with Gasteiger partial charge in [-0.2, -0.15) is 0 Å². The van der Waals surface area contributed by atoms with Crippen LogP contribution in [-0.4, -0.2) is 4.57 Å². The monoisotopic (exact) mass is 469 g/mol. The first-order valence-corrected chi connectivity index (χ1v) is 12.8. The van der Waals surface area contributed by atoms with Crippen LogP contribution in [0.3, 0.4) is 0 Å². The van der Waals surface area contributed by atoms with E-state index in [1.165, 1.54) is 70.9 Å². The van der Waals surface area contributed by atoms with Gasteiger partial charge in [-0.05, 0) is 44.6 Å². The maximum atomic E-state index is 2.49. The van der Waals surface area contributed by atoms with Crippen molar-refractivity contribution in [2.75, 3.05) is 0 Å². The van der Waals surface area contributed by atoms with Gasteiger partial charge in [0.1, 0.15) is 0 Å². The number of fused-ring (bicyclic) bond motifs is 10. The third-order valence-corrected chi connectivity index (χ3v) is 7.75. The first-order chi connectivity index (χ1) is 18.4. The summed E-state index contributed by atoms with van der Waals surface area (Å²) in [6.07, 6.45) is 0. The number of rotatable bonds is 2. The van der Waals surface area contributed by atoms with Crippen LogP contribution in [0.5, 0.6) is 0 Å². The quantitative estimate of drug-likeness (QED) is 0.222. The fourth-order valence-electron chi connectivity index (χ4n) is 6.23. The summed E-state index contributed by atoms with van der Waals surface area (Å²) >= 11 is 0. The van der Waals surface area contributed by atoms with Gasteiger partial charge in [-0.25, -0.2) is 0 Å². The Labute approximate surface area is 214 Å². The molecule has 0 radical (unpaired) electrons. The molecule has 0 amide bonds. The van der Waals surface area contributed by atoms with Crippen molar-refractivity contribution in [1.29, 1.82) is 0 Å². The lowest BCUT2D eigenvalue weighted by Gasteiger charge is -2.16. The molecule has 0 aliphatic rings. The molecule has 1 heteroatoms. The van der Waals surface area contributed by atoms with Crippen molar-refractivity contribution in [2.24, 2.45) is 0 Å². The predicted molar refractivity (Wildman–Crippen MR) is 159 cm³/mol. The van der Waals surface area contributed by atoms with Crippen molar-refractivity contribution in [2.45, 2.75) is 0 Å². The third kappa shape index (κ3) is 2.86. The summed E-state index contributed by atoms with van der Waals surface area (Å²) in [5.41, 5.74) is 6.15. The Hall–Kier alpha value is -4.88. The molecule has 1 nitrogen and oxygen atoms in total. The van der Waals surface area contributed by atoms with Crippen molar-refractivity contribution < 1.29 is 0 Å². The van der Waals surface area contributed by atoms with Crippen molar-refractivity contribution in [3.63, 3.8) is 0 Å². The summed E-state index contributed by atoms with van der Waals surface area (Å²) in [7, 11) is 0. The molecule has 7 aromatic carbocycles. The highest BCUT2D eigenvalue weighted by Gasteiger charge is 2.21. The van der Waals surface area contributed by atoms with Crippen LogP contribution in [0.4, 0.5) is 0 Å². The van der Waals surface area contributed by atoms with E-state index in [4.69, 9.17) is 0 Å². The van der Waals surface area contributed by atoms with Gasteiger partial charge < -0.3 is 4.57 Å². The molecule has 0 aliphatic carbocycles. The molecule has 0 N–H and O–H groups in total. The van der Waals surface area contributed by atoms with Crippen LogP contribution in [0.2, 0.25) is 0 Å². The summed E-state index contributed by atoms with van der Waals surface area (Å²) < 4.78 is 2.49. The number of aromatic nitrogens is 1. The molecular formula is C36H23N. The summed E-state index contributed by atoms with van der Waals surface area (Å²) in [6, 6.07) is 50.6. The van der Waals surface area contributed by atoms with Crippen LogP contribution < -0.4 is 0 Å². The Kier molecular flexibility index (Phi) is 4.29. The lowest BCUT2D eigenvalue weighted by atomic mass is 9.93. The zero-order valence-electron chi connectivity index (χ0n) is 20.2. The van der Waals surface area contributed by atoms with Gasteiger partial charge in [0, 0.05) is 21.7 Å². The fraction of sp³-hybridized carbons (Fsp3) is 0. The largest absolute Gasteiger partial charge is 0.308 e. The number of hydrogen-bond donors (Lipinski definition) is 0. The molecular weight excluding hydrogens is 446 g/mol. The number of benzene rings is 7. The van der Waals surface area contributed by atoms with Crippen molar-refractivity contribution >= 4 is 54.1 Å². The van der Waals surface area contributed by atoms with Gasteiger partial charge in [0.05, 0.1) is 16.7 Å². The fourth-order valence-corrected chi connectivity index (χ4v) is 6.23. The van der Waals surface area contributed by atoms with E-state index in [2.05, 4.69) is 144 Å². The van der Waals surface area contributed by atoms with Crippen LogP contribution in [0.1, 0.15) is 0 Å². The summed E-state index contributed by atoms with van der Waals surface area (Å²) in [4.78, 5) is 0. The molecule has 0 unspecified atom stereocenters. The van der Waals surface area contributed by atoms with E-state index >= 15 is 0 Å². The average Bonchev–Trinajstić information content (AvgIpc) is 3.33. The molecule has 37 heavy (non-hydrogen) atoms. The van der Waals surface area contributed by atoms with E-state index < -0.39 is 0 Å². The van der Waals surface area contributed by atoms with Crippen molar-refractivity contribution in [3.05, 3.63) is 140 Å². The Bertz CT molecular complexity index is 2130. The van der Waals surface area contributed by atoms with Gasteiger partial charge in [-0.1, -0.05) is 127 Å². The van der Waals surface area contributed by atoms with Crippen LogP contribution in [0.25, 0.3) is 70.9 Å². The van der Waals surface area contributed by atoms with E-state index in [1.54, 1.807) is 0 Å². The van der Waals surface area contributed by atoms with E-state index in [9.17, 15) is 0 Å². The summed E-state index contributed by atoms with van der Waals surface area (Å²) in [5, 5.41) is 10.4. The van der Waals surface area contributed by atoms with E-state index in [0.717, 1.165) is 0 Å². The third-order valence-electron chi connectivity index (χ3n) is 7.75. The maximum absolute atomic E-state index is 2.49. The standard InChI is InChI=1S/C36H23N/c1-2-12-24(13-3-1)26-15-8-10-20-32(26)37-33-21-11-9-19-30(33)35-31-23-22-25-14-4-5-16-27(25)34(31)28-17-6-7-18-29(28)36(35)37/h1-23H. The number of para-hydroxylation sites is 2. The molecule has 0 saturated carbocycles. The molecule has 8 rings (SSSR count). The Balaban J connectivity index is 1.66. The van der Waals surface area contributed by atoms with Gasteiger partial charge >= 0.3 is 0 Å². The molecule has 0 bridgehead atoms. The molecule has 0 fully saturated rings.